The summed E-state index contributed by atoms with van der Waals surface area (Å²) < 4.78 is 9.24. The number of rotatable bonds is 9. The Labute approximate surface area is 170 Å². The fourth-order valence-electron chi connectivity index (χ4n) is 2.37. The van der Waals surface area contributed by atoms with Gasteiger partial charge >= 0.3 is 0 Å². The van der Waals surface area contributed by atoms with Crippen molar-refractivity contribution in [2.45, 2.75) is 38.9 Å². The number of hydrogen-bond donors (Lipinski definition) is 1. The molecule has 3 aromatic heterocycles. The first kappa shape index (κ1) is 20.3. The quantitative estimate of drug-likeness (QED) is 0.523. The van der Waals surface area contributed by atoms with Crippen LogP contribution in [0.5, 0.6) is 5.88 Å². The number of aromatic nitrogens is 7. The molecule has 28 heavy (non-hydrogen) atoms. The number of amides is 1. The van der Waals surface area contributed by atoms with Crippen molar-refractivity contribution in [1.82, 2.24) is 34.7 Å². The second-order valence-electron chi connectivity index (χ2n) is 5.69. The maximum atomic E-state index is 12.2. The lowest BCUT2D eigenvalue weighted by Crippen LogP contribution is -2.14. The molecule has 12 heteroatoms. The third-order valence-corrected chi connectivity index (χ3v) is 5.76. The summed E-state index contributed by atoms with van der Waals surface area (Å²) in [6.45, 7) is 7.15. The van der Waals surface area contributed by atoms with Gasteiger partial charge in [0.1, 0.15) is 10.6 Å². The summed E-state index contributed by atoms with van der Waals surface area (Å²) in [6, 6.07) is 0. The van der Waals surface area contributed by atoms with Crippen LogP contribution >= 0.6 is 23.1 Å². The zero-order chi connectivity index (χ0) is 20.1. The van der Waals surface area contributed by atoms with Gasteiger partial charge in [0.2, 0.25) is 16.9 Å². The average molecular weight is 423 g/mol. The molecule has 0 aliphatic heterocycles. The standard InChI is InChI=1S/C16H22N8O2S2/c1-5-12-18-20-15(28-12)17-11(25)9-27-16-21-19-13(23(16)4)10-8-24(6-2)22-14(10)26-7-3/h8H,5-7,9H2,1-4H3,(H,17,20,25). The van der Waals surface area contributed by atoms with Crippen LogP contribution in [-0.4, -0.2) is 53.0 Å². The molecule has 3 aromatic rings. The van der Waals surface area contributed by atoms with Gasteiger partial charge in [-0.3, -0.25) is 14.8 Å². The van der Waals surface area contributed by atoms with E-state index in [9.17, 15) is 4.79 Å². The van der Waals surface area contributed by atoms with Crippen LogP contribution in [0.25, 0.3) is 11.4 Å². The van der Waals surface area contributed by atoms with Crippen LogP contribution in [0.2, 0.25) is 0 Å². The van der Waals surface area contributed by atoms with Crippen LogP contribution in [-0.2, 0) is 24.8 Å². The summed E-state index contributed by atoms with van der Waals surface area (Å²) >= 11 is 2.68. The molecular formula is C16H22N8O2S2. The first-order valence-corrected chi connectivity index (χ1v) is 10.7. The molecule has 1 N–H and O–H groups in total. The molecule has 0 aliphatic rings. The highest BCUT2D eigenvalue weighted by atomic mass is 32.2. The van der Waals surface area contributed by atoms with E-state index in [2.05, 4.69) is 30.8 Å². The number of hydrogen-bond acceptors (Lipinski definition) is 9. The zero-order valence-electron chi connectivity index (χ0n) is 16.2. The van der Waals surface area contributed by atoms with Crippen molar-refractivity contribution >= 4 is 34.1 Å². The molecular weight excluding hydrogens is 400 g/mol. The van der Waals surface area contributed by atoms with Crippen LogP contribution in [0.3, 0.4) is 0 Å². The summed E-state index contributed by atoms with van der Waals surface area (Å²) in [4.78, 5) is 12.2. The molecule has 3 heterocycles. The van der Waals surface area contributed by atoms with Gasteiger partial charge < -0.3 is 9.30 Å². The van der Waals surface area contributed by atoms with Crippen LogP contribution in [0.1, 0.15) is 25.8 Å². The molecule has 0 saturated carbocycles. The SMILES string of the molecule is CCOc1nn(CC)cc1-c1nnc(SCC(=O)Nc2nnc(CC)s2)n1C. The molecule has 0 fully saturated rings. The van der Waals surface area contributed by atoms with Gasteiger partial charge in [-0.05, 0) is 20.3 Å². The third kappa shape index (κ3) is 4.50. The Bertz CT molecular complexity index is 948. The molecule has 0 atom stereocenters. The molecule has 0 aliphatic carbocycles. The van der Waals surface area contributed by atoms with Crippen molar-refractivity contribution in [3.05, 3.63) is 11.2 Å². The summed E-state index contributed by atoms with van der Waals surface area (Å²) in [7, 11) is 1.85. The molecule has 150 valence electrons. The maximum absolute atomic E-state index is 12.2. The minimum atomic E-state index is -0.165. The molecule has 0 unspecified atom stereocenters. The maximum Gasteiger partial charge on any atom is 0.243 e. The smallest absolute Gasteiger partial charge is 0.243 e. The largest absolute Gasteiger partial charge is 0.476 e. The van der Waals surface area contributed by atoms with Gasteiger partial charge in [0, 0.05) is 19.8 Å². The lowest BCUT2D eigenvalue weighted by Gasteiger charge is -2.04. The highest BCUT2D eigenvalue weighted by Crippen LogP contribution is 2.29. The number of carbonyl (C=O) groups is 1. The van der Waals surface area contributed by atoms with E-state index in [1.807, 2.05) is 38.6 Å². The van der Waals surface area contributed by atoms with E-state index < -0.39 is 0 Å². The number of aryl methyl sites for hydroxylation is 2. The molecule has 3 rings (SSSR count). The second kappa shape index (κ2) is 9.15. The average Bonchev–Trinajstić information content (AvgIpc) is 3.39. The Balaban J connectivity index is 1.68. The van der Waals surface area contributed by atoms with Gasteiger partial charge in [0.05, 0.1) is 12.4 Å². The number of ether oxygens (including phenoxy) is 1. The van der Waals surface area contributed by atoms with E-state index >= 15 is 0 Å². The topological polar surface area (TPSA) is 113 Å². The monoisotopic (exact) mass is 422 g/mol. The van der Waals surface area contributed by atoms with Gasteiger partial charge in [0.25, 0.3) is 0 Å². The molecule has 10 nitrogen and oxygen atoms in total. The number of carbonyl (C=O) groups excluding carboxylic acids is 1. The van der Waals surface area contributed by atoms with Gasteiger partial charge in [-0.15, -0.1) is 25.5 Å². The van der Waals surface area contributed by atoms with E-state index in [1.165, 1.54) is 23.1 Å². The van der Waals surface area contributed by atoms with Crippen molar-refractivity contribution < 1.29 is 9.53 Å². The van der Waals surface area contributed by atoms with Crippen molar-refractivity contribution in [2.75, 3.05) is 17.7 Å². The van der Waals surface area contributed by atoms with Crippen molar-refractivity contribution in [2.24, 2.45) is 7.05 Å². The summed E-state index contributed by atoms with van der Waals surface area (Å²) in [6.07, 6.45) is 2.68. The van der Waals surface area contributed by atoms with Crippen molar-refractivity contribution in [1.29, 1.82) is 0 Å². The molecule has 0 bridgehead atoms. The van der Waals surface area contributed by atoms with E-state index in [0.29, 0.717) is 28.6 Å². The number of anilines is 1. The summed E-state index contributed by atoms with van der Waals surface area (Å²) in [5, 5.41) is 25.6. The van der Waals surface area contributed by atoms with E-state index in [0.717, 1.165) is 23.5 Å². The van der Waals surface area contributed by atoms with Crippen molar-refractivity contribution in [3.8, 4) is 17.3 Å². The molecule has 0 saturated heterocycles. The van der Waals surface area contributed by atoms with Gasteiger partial charge in [0.15, 0.2) is 11.0 Å². The molecule has 0 radical (unpaired) electrons. The molecule has 0 spiro atoms. The lowest BCUT2D eigenvalue weighted by atomic mass is 10.3. The summed E-state index contributed by atoms with van der Waals surface area (Å²) in [5.74, 6) is 1.20. The van der Waals surface area contributed by atoms with Crippen LogP contribution in [0.15, 0.2) is 11.4 Å². The van der Waals surface area contributed by atoms with E-state index in [1.54, 1.807) is 4.68 Å². The number of thioether (sulfide) groups is 1. The Kier molecular flexibility index (Phi) is 6.62. The highest BCUT2D eigenvalue weighted by molar-refractivity contribution is 7.99. The summed E-state index contributed by atoms with van der Waals surface area (Å²) in [5.41, 5.74) is 0.774. The number of nitrogens with one attached hydrogen (secondary N) is 1. The Morgan fingerprint density at radius 1 is 1.25 bits per heavy atom. The first-order chi connectivity index (χ1) is 13.5. The minimum absolute atomic E-state index is 0.165. The predicted molar refractivity (Wildman–Crippen MR) is 108 cm³/mol. The van der Waals surface area contributed by atoms with E-state index in [-0.39, 0.29) is 11.7 Å². The first-order valence-electron chi connectivity index (χ1n) is 8.90. The zero-order valence-corrected chi connectivity index (χ0v) is 17.8. The normalized spacial score (nSPS) is 11.0. The Morgan fingerprint density at radius 3 is 2.75 bits per heavy atom. The second-order valence-corrected chi connectivity index (χ2v) is 7.70. The van der Waals surface area contributed by atoms with E-state index in [4.69, 9.17) is 4.74 Å². The van der Waals surface area contributed by atoms with Gasteiger partial charge in [-0.2, -0.15) is 0 Å². The fourth-order valence-corrected chi connectivity index (χ4v) is 3.78. The minimum Gasteiger partial charge on any atom is -0.476 e. The lowest BCUT2D eigenvalue weighted by molar-refractivity contribution is -0.113. The molecule has 1 amide bonds. The Morgan fingerprint density at radius 2 is 2.07 bits per heavy atom. The van der Waals surface area contributed by atoms with Gasteiger partial charge in [-0.1, -0.05) is 30.0 Å². The van der Waals surface area contributed by atoms with Crippen molar-refractivity contribution in [3.63, 3.8) is 0 Å². The molecule has 0 aromatic carbocycles. The fraction of sp³-hybridized carbons (Fsp3) is 0.500. The van der Waals surface area contributed by atoms with Gasteiger partial charge in [-0.25, -0.2) is 0 Å². The predicted octanol–water partition coefficient (Wildman–Crippen LogP) is 2.24. The van der Waals surface area contributed by atoms with Crippen LogP contribution in [0, 0.1) is 0 Å². The highest BCUT2D eigenvalue weighted by Gasteiger charge is 2.20. The van der Waals surface area contributed by atoms with Crippen LogP contribution < -0.4 is 10.1 Å². The Hall–Kier alpha value is -2.47. The number of nitrogens with zero attached hydrogens (tertiary/aromatic N) is 7. The van der Waals surface area contributed by atoms with Crippen LogP contribution in [0.4, 0.5) is 5.13 Å². The third-order valence-electron chi connectivity index (χ3n) is 3.76.